The Hall–Kier alpha value is -5.22. The highest BCUT2D eigenvalue weighted by Gasteiger charge is 2.53. The number of aliphatic hydroxyl groups excluding tert-OH is 4. The van der Waals surface area contributed by atoms with Crippen LogP contribution in [0.25, 0.3) is 33.5 Å². The summed E-state index contributed by atoms with van der Waals surface area (Å²) in [6.45, 7) is -7.70. The second-order valence-electron chi connectivity index (χ2n) is 18.1. The van der Waals surface area contributed by atoms with Gasteiger partial charge in [-0.05, 0) is 29.5 Å². The Bertz CT molecular complexity index is 3880. The van der Waals surface area contributed by atoms with Crippen LogP contribution in [0.1, 0.15) is 24.2 Å². The first-order valence-electron chi connectivity index (χ1n) is 23.4. The number of ether oxygens (including phenoxy) is 4. The Kier molecular flexibility index (Phi) is 16.8. The van der Waals surface area contributed by atoms with Crippen LogP contribution in [0, 0.1) is 0 Å². The number of benzene rings is 1. The van der Waals surface area contributed by atoms with Gasteiger partial charge >= 0.3 is 35.8 Å². The number of phosphoric acid groups is 3. The van der Waals surface area contributed by atoms with Crippen LogP contribution in [0.15, 0.2) is 59.2 Å². The minimum absolute atomic E-state index is 0.0436. The number of phosphoric ester groups is 2. The molecule has 82 heavy (non-hydrogen) atoms. The number of rotatable bonds is 21. The molecule has 10 rings (SSSR count). The summed E-state index contributed by atoms with van der Waals surface area (Å²) in [5.41, 5.74) is 16.4. The summed E-state index contributed by atoms with van der Waals surface area (Å²) in [5, 5.41) is 44.4. The van der Waals surface area contributed by atoms with E-state index in [1.807, 2.05) is 0 Å². The van der Waals surface area contributed by atoms with Crippen molar-refractivity contribution in [2.75, 3.05) is 44.1 Å². The molecule has 38 nitrogen and oxygen atoms in total. The van der Waals surface area contributed by atoms with Crippen LogP contribution in [0.2, 0.25) is 5.02 Å². The minimum atomic E-state index is -6.21. The molecule has 0 saturated carbocycles. The van der Waals surface area contributed by atoms with E-state index in [0.717, 1.165) is 28.9 Å². The highest BCUT2D eigenvalue weighted by atomic mass is 35.5. The molecular weight excluding hydrogens is 1230 g/mol. The fraction of sp³-hybridized carbons (Fsp3) is 0.447. The summed E-state index contributed by atoms with van der Waals surface area (Å²) in [6, 6.07) is 6.59. The van der Waals surface area contributed by atoms with E-state index in [1.165, 1.54) is 21.8 Å². The van der Waals surface area contributed by atoms with E-state index >= 15 is 0 Å². The Morgan fingerprint density at radius 2 is 1.29 bits per heavy atom. The number of nitrogen functional groups attached to an aromatic ring is 3. The van der Waals surface area contributed by atoms with Gasteiger partial charge in [0.1, 0.15) is 66.8 Å². The van der Waals surface area contributed by atoms with Crippen LogP contribution in [-0.4, -0.2) is 175 Å². The molecule has 0 aliphatic carbocycles. The van der Waals surface area contributed by atoms with E-state index in [1.54, 1.807) is 24.3 Å². The molecule has 16 unspecified atom stereocenters. The number of hydrogen-bond acceptors (Lipinski definition) is 29. The molecule has 3 aliphatic heterocycles. The maximum atomic E-state index is 13.3. The van der Waals surface area contributed by atoms with Gasteiger partial charge in [-0.25, -0.2) is 38.2 Å². The van der Waals surface area contributed by atoms with Crippen LogP contribution in [-0.2, 0) is 77.7 Å². The molecule has 9 heterocycles. The molecule has 0 spiro atoms. The van der Waals surface area contributed by atoms with Crippen molar-refractivity contribution in [2.45, 2.75) is 80.2 Å². The van der Waals surface area contributed by atoms with Gasteiger partial charge in [0.25, 0.3) is 17.1 Å². The Labute approximate surface area is 465 Å². The highest BCUT2D eigenvalue weighted by molar-refractivity contribution is 8.07. The number of H-pyrrole nitrogens is 2. The number of nitrogens with one attached hydrogen (secondary N) is 2. The van der Waals surface area contributed by atoms with Crippen molar-refractivity contribution in [3.05, 3.63) is 80.9 Å². The van der Waals surface area contributed by atoms with Crippen molar-refractivity contribution in [3.8, 4) is 0 Å². The summed E-state index contributed by atoms with van der Waals surface area (Å²) >= 11 is 11.3. The highest BCUT2D eigenvalue weighted by Crippen LogP contribution is 2.68. The monoisotopic (exact) mass is 1270 g/mol. The average Bonchev–Trinajstić information content (AvgIpc) is 4.38. The molecule has 3 fully saturated rings. The van der Waals surface area contributed by atoms with Gasteiger partial charge < -0.3 is 80.7 Å². The number of halogens is 1. The van der Waals surface area contributed by atoms with Crippen LogP contribution in [0.5, 0.6) is 0 Å². The summed E-state index contributed by atoms with van der Waals surface area (Å²) < 4.78 is 97.5. The quantitative estimate of drug-likeness (QED) is 0.0263. The normalized spacial score (nSPS) is 28.9. The number of hydrogen-bond donors (Lipinski definition) is 13. The Morgan fingerprint density at radius 3 is 1.98 bits per heavy atom. The number of nitrogens with zero attached hydrogens (tertiary/aromatic N) is 10. The zero-order valence-corrected chi connectivity index (χ0v) is 46.5. The fourth-order valence-corrected chi connectivity index (χ4v) is 14.2. The molecular formula is C38H47ClN15O23P4S+. The van der Waals surface area contributed by atoms with Gasteiger partial charge in [-0.15, -0.1) is 0 Å². The van der Waals surface area contributed by atoms with Gasteiger partial charge in [0.15, 0.2) is 41.4 Å². The maximum absolute atomic E-state index is 13.3. The molecule has 16 N–H and O–H groups in total. The van der Waals surface area contributed by atoms with Crippen molar-refractivity contribution in [2.24, 2.45) is 0 Å². The summed E-state index contributed by atoms with van der Waals surface area (Å²) in [7, 11) is -16.9. The number of nitrogens with two attached hydrogens (primary N) is 3. The number of aromatic amines is 2. The summed E-state index contributed by atoms with van der Waals surface area (Å²) in [4.78, 5) is 97.6. The molecule has 0 amide bonds. The van der Waals surface area contributed by atoms with Gasteiger partial charge in [-0.1, -0.05) is 28.7 Å². The first kappa shape index (κ1) is 59.9. The summed E-state index contributed by atoms with van der Waals surface area (Å²) in [6.07, 6.45) is -14.9. The molecule has 44 heteroatoms. The molecule has 3 aliphatic rings. The van der Waals surface area contributed by atoms with E-state index in [4.69, 9.17) is 77.7 Å². The largest absolute Gasteiger partial charge is 0.490 e. The molecule has 444 valence electrons. The molecule has 3 saturated heterocycles. The zero-order chi connectivity index (χ0) is 59.0. The third-order valence-corrected chi connectivity index (χ3v) is 18.8. The van der Waals surface area contributed by atoms with E-state index in [0.29, 0.717) is 10.6 Å². The molecule has 0 radical (unpaired) electrons. The predicted molar refractivity (Wildman–Crippen MR) is 275 cm³/mol. The number of methoxy groups -OCH3 is 1. The van der Waals surface area contributed by atoms with Gasteiger partial charge in [0.05, 0.1) is 39.0 Å². The van der Waals surface area contributed by atoms with Crippen molar-refractivity contribution in [3.63, 3.8) is 0 Å². The van der Waals surface area contributed by atoms with E-state index in [2.05, 4.69) is 48.5 Å². The third-order valence-electron chi connectivity index (χ3n) is 12.7. The van der Waals surface area contributed by atoms with Crippen molar-refractivity contribution in [1.82, 2.24) is 53.6 Å². The van der Waals surface area contributed by atoms with Crippen LogP contribution >= 0.6 is 41.8 Å². The molecule has 7 aromatic rings. The standard InChI is InChI=1S/C38H46ClN15O23P4S/c1-68-27-26(75-81(67,82)71-8-17-23(56)24(57)34(72-17)53-12-46-20-30(53)47-37(41)49-32(20)59)18(74-36(27)52-11-45-19-28(40)43-10-44-29(19)52)9-70-79(63,64)77-80(65,66)76-78(61,62)69-7-16-22(55)25(58)35(73-16)54-13-51(6-14-2-4-15(39)5-3-14)21-31(54)48-38(42)50-33(21)60/h2-5,10-13,16-18,22-27,34-36,55-58H,6-9H2,1H3,(H11-,40,41,42,43,44,47,48,49,50,59,60,61,62,63,64,65,66,67,82)/p+1. The molecule has 1 aromatic carbocycles. The first-order valence-corrected chi connectivity index (χ1v) is 30.8. The van der Waals surface area contributed by atoms with Gasteiger partial charge in [0, 0.05) is 12.1 Å². The minimum Gasteiger partial charge on any atom is -0.387 e. The topological polar surface area (TPSA) is 545 Å². The lowest BCUT2D eigenvalue weighted by Gasteiger charge is -2.28. The second-order valence-corrected chi connectivity index (χ2v) is 26.0. The second kappa shape index (κ2) is 23.0. The lowest BCUT2D eigenvalue weighted by atomic mass is 10.1. The lowest BCUT2D eigenvalue weighted by molar-refractivity contribution is -0.745. The van der Waals surface area contributed by atoms with Gasteiger partial charge in [0.2, 0.25) is 17.7 Å². The Morgan fingerprint density at radius 1 is 0.707 bits per heavy atom. The smallest absolute Gasteiger partial charge is 0.387 e. The van der Waals surface area contributed by atoms with Gasteiger partial charge in [-0.3, -0.25) is 46.8 Å². The summed E-state index contributed by atoms with van der Waals surface area (Å²) in [5.74, 6) is -0.680. The number of imidazole rings is 3. The zero-order valence-electron chi connectivity index (χ0n) is 41.4. The Balaban J connectivity index is 0.799. The fourth-order valence-electron chi connectivity index (χ4n) is 9.10. The van der Waals surface area contributed by atoms with E-state index in [-0.39, 0.29) is 57.8 Å². The van der Waals surface area contributed by atoms with Crippen molar-refractivity contribution < 1.29 is 104 Å². The van der Waals surface area contributed by atoms with Gasteiger partial charge in [-0.2, -0.15) is 13.6 Å². The average molecular weight is 1270 g/mol. The third kappa shape index (κ3) is 12.3. The predicted octanol–water partition coefficient (Wildman–Crippen LogP) is -2.43. The molecule has 6 aromatic heterocycles. The number of anilines is 3. The SMILES string of the molecule is COC1C(OP(O)(=S)OCC2OC(n3cnc4c(=O)[nH]c(N)nc43)C(O)C2O)C(COP(=O)(O)OP(=O)(O)OP(=O)(O)OCC2OC([n+]3cn(Cc4ccc(Cl)cc4)c4c(=O)[nH]c(N)nc43)C(O)C2O)OC1n1cnc2c(N)ncnc21. The van der Waals surface area contributed by atoms with Crippen LogP contribution < -0.4 is 32.9 Å². The molecule has 0 bridgehead atoms. The van der Waals surface area contributed by atoms with Crippen molar-refractivity contribution >= 4 is 105 Å². The number of aliphatic hydroxyl groups is 4. The van der Waals surface area contributed by atoms with E-state index in [9.17, 15) is 63.3 Å². The maximum Gasteiger partial charge on any atom is 0.490 e. The van der Waals surface area contributed by atoms with E-state index < -0.39 is 135 Å². The first-order chi connectivity index (χ1) is 38.6. The number of fused-ring (bicyclic) bond motifs is 3. The lowest BCUT2D eigenvalue weighted by Crippen LogP contribution is -2.46. The van der Waals surface area contributed by atoms with Crippen LogP contribution in [0.4, 0.5) is 17.7 Å². The molecule has 16 atom stereocenters. The van der Waals surface area contributed by atoms with Crippen molar-refractivity contribution in [1.29, 1.82) is 0 Å². The van der Waals surface area contributed by atoms with Crippen LogP contribution in [0.3, 0.4) is 0 Å². The number of aromatic nitrogens is 12.